The number of benzene rings is 1. The minimum Gasteiger partial charge on any atom is -0.493 e. The summed E-state index contributed by atoms with van der Waals surface area (Å²) < 4.78 is 37.6. The molecule has 9 nitrogen and oxygen atoms in total. The molecule has 0 spiro atoms. The highest BCUT2D eigenvalue weighted by Crippen LogP contribution is 2.30. The molecule has 0 atom stereocenters. The summed E-state index contributed by atoms with van der Waals surface area (Å²) >= 11 is 0. The van der Waals surface area contributed by atoms with Crippen LogP contribution in [0, 0.1) is 6.92 Å². The topological polar surface area (TPSA) is 102 Å². The van der Waals surface area contributed by atoms with Crippen molar-refractivity contribution in [2.45, 2.75) is 11.8 Å². The molecule has 150 valence electrons. The van der Waals surface area contributed by atoms with Gasteiger partial charge in [-0.05, 0) is 19.1 Å². The highest BCUT2D eigenvalue weighted by Gasteiger charge is 2.31. The molecule has 1 aromatic heterocycles. The van der Waals surface area contributed by atoms with Gasteiger partial charge in [-0.2, -0.15) is 4.31 Å². The number of amides is 1. The van der Waals surface area contributed by atoms with Crippen molar-refractivity contribution in [1.29, 1.82) is 0 Å². The summed E-state index contributed by atoms with van der Waals surface area (Å²) in [4.78, 5) is 22.4. The molecule has 1 aliphatic rings. The Hall–Kier alpha value is -2.72. The quantitative estimate of drug-likeness (QED) is 0.728. The van der Waals surface area contributed by atoms with Gasteiger partial charge in [0, 0.05) is 38.4 Å². The van der Waals surface area contributed by atoms with Crippen molar-refractivity contribution in [3.8, 4) is 11.5 Å². The molecule has 0 unspecified atom stereocenters. The van der Waals surface area contributed by atoms with Crippen molar-refractivity contribution in [3.63, 3.8) is 0 Å². The zero-order valence-corrected chi connectivity index (χ0v) is 16.8. The lowest BCUT2D eigenvalue weighted by atomic mass is 10.3. The van der Waals surface area contributed by atoms with Crippen molar-refractivity contribution in [2.75, 3.05) is 40.4 Å². The van der Waals surface area contributed by atoms with Gasteiger partial charge < -0.3 is 14.4 Å². The number of carbonyl (C=O) groups is 1. The smallest absolute Gasteiger partial charge is 0.274 e. The molecule has 1 aliphatic heterocycles. The molecular weight excluding hydrogens is 384 g/mol. The first-order valence-corrected chi connectivity index (χ1v) is 10.1. The van der Waals surface area contributed by atoms with E-state index in [-0.39, 0.29) is 42.7 Å². The van der Waals surface area contributed by atoms with E-state index in [2.05, 4.69) is 9.97 Å². The number of ether oxygens (including phenoxy) is 2. The molecule has 0 N–H and O–H groups in total. The van der Waals surface area contributed by atoms with Crippen molar-refractivity contribution >= 4 is 15.9 Å². The second-order valence-electron chi connectivity index (χ2n) is 6.26. The van der Waals surface area contributed by atoms with E-state index in [9.17, 15) is 13.2 Å². The molecule has 0 saturated carbocycles. The van der Waals surface area contributed by atoms with Gasteiger partial charge in [0.1, 0.15) is 5.69 Å². The number of methoxy groups -OCH3 is 2. The van der Waals surface area contributed by atoms with Crippen LogP contribution in [0.15, 0.2) is 35.5 Å². The number of carbonyl (C=O) groups excluding carboxylic acids is 1. The van der Waals surface area contributed by atoms with E-state index < -0.39 is 10.0 Å². The number of hydrogen-bond donors (Lipinski definition) is 0. The van der Waals surface area contributed by atoms with Crippen LogP contribution < -0.4 is 9.47 Å². The Morgan fingerprint density at radius 2 is 1.68 bits per heavy atom. The molecular formula is C18H22N4O5S. The number of piperazine rings is 1. The molecule has 1 fully saturated rings. The monoisotopic (exact) mass is 406 g/mol. The number of rotatable bonds is 5. The van der Waals surface area contributed by atoms with E-state index in [4.69, 9.17) is 9.47 Å². The second kappa shape index (κ2) is 8.11. The fraction of sp³-hybridized carbons (Fsp3) is 0.389. The Labute approximate surface area is 164 Å². The zero-order chi connectivity index (χ0) is 20.3. The predicted molar refractivity (Wildman–Crippen MR) is 101 cm³/mol. The Bertz CT molecular complexity index is 954. The number of hydrogen-bond acceptors (Lipinski definition) is 7. The van der Waals surface area contributed by atoms with Crippen LogP contribution in [0.3, 0.4) is 0 Å². The van der Waals surface area contributed by atoms with Crippen LogP contribution in [-0.4, -0.2) is 73.9 Å². The normalized spacial score (nSPS) is 15.3. The zero-order valence-electron chi connectivity index (χ0n) is 16.0. The van der Waals surface area contributed by atoms with Crippen LogP contribution in [-0.2, 0) is 10.0 Å². The van der Waals surface area contributed by atoms with E-state index in [1.54, 1.807) is 17.9 Å². The summed E-state index contributed by atoms with van der Waals surface area (Å²) in [5.41, 5.74) is 0.976. The van der Waals surface area contributed by atoms with Crippen LogP contribution in [0.1, 0.15) is 16.2 Å². The SMILES string of the molecule is COc1ccc(S(=O)(=O)N2CCN(C(=O)c3cnc(C)cn3)CC2)cc1OC. The van der Waals surface area contributed by atoms with Gasteiger partial charge in [-0.3, -0.25) is 9.78 Å². The maximum absolute atomic E-state index is 12.9. The third-order valence-electron chi connectivity index (χ3n) is 4.52. The van der Waals surface area contributed by atoms with Crippen LogP contribution in [0.2, 0.25) is 0 Å². The van der Waals surface area contributed by atoms with Gasteiger partial charge in [0.05, 0.1) is 31.0 Å². The lowest BCUT2D eigenvalue weighted by molar-refractivity contribution is 0.0691. The van der Waals surface area contributed by atoms with E-state index in [0.29, 0.717) is 11.5 Å². The largest absolute Gasteiger partial charge is 0.493 e. The minimum absolute atomic E-state index is 0.120. The molecule has 28 heavy (non-hydrogen) atoms. The summed E-state index contributed by atoms with van der Waals surface area (Å²) in [6.07, 6.45) is 2.97. The standard InChI is InChI=1S/C18H22N4O5S/c1-13-11-20-15(12-19-13)18(23)21-6-8-22(9-7-21)28(24,25)14-4-5-16(26-2)17(10-14)27-3/h4-5,10-12H,6-9H2,1-3H3. The Kier molecular flexibility index (Phi) is 5.80. The van der Waals surface area contributed by atoms with Gasteiger partial charge in [-0.1, -0.05) is 0 Å². The molecule has 10 heteroatoms. The van der Waals surface area contributed by atoms with E-state index in [1.165, 1.54) is 43.1 Å². The molecule has 2 heterocycles. The highest BCUT2D eigenvalue weighted by molar-refractivity contribution is 7.89. The van der Waals surface area contributed by atoms with E-state index in [1.807, 2.05) is 0 Å². The van der Waals surface area contributed by atoms with E-state index in [0.717, 1.165) is 5.69 Å². The Morgan fingerprint density at radius 1 is 1.00 bits per heavy atom. The predicted octanol–water partition coefficient (Wildman–Crippen LogP) is 0.949. The first-order valence-electron chi connectivity index (χ1n) is 8.67. The maximum atomic E-state index is 12.9. The van der Waals surface area contributed by atoms with Crippen molar-refractivity contribution in [2.24, 2.45) is 0 Å². The Morgan fingerprint density at radius 3 is 2.25 bits per heavy atom. The highest BCUT2D eigenvalue weighted by atomic mass is 32.2. The van der Waals surface area contributed by atoms with E-state index >= 15 is 0 Å². The van der Waals surface area contributed by atoms with Crippen LogP contribution in [0.25, 0.3) is 0 Å². The third-order valence-corrected chi connectivity index (χ3v) is 6.41. The molecule has 1 aromatic carbocycles. The van der Waals surface area contributed by atoms with Crippen molar-refractivity contribution in [3.05, 3.63) is 42.0 Å². The second-order valence-corrected chi connectivity index (χ2v) is 8.19. The van der Waals surface area contributed by atoms with Gasteiger partial charge in [-0.15, -0.1) is 0 Å². The summed E-state index contributed by atoms with van der Waals surface area (Å²) in [6, 6.07) is 4.48. The molecule has 1 saturated heterocycles. The number of nitrogens with zero attached hydrogens (tertiary/aromatic N) is 4. The van der Waals surface area contributed by atoms with Gasteiger partial charge in [-0.25, -0.2) is 13.4 Å². The van der Waals surface area contributed by atoms with Crippen molar-refractivity contribution in [1.82, 2.24) is 19.2 Å². The summed E-state index contributed by atoms with van der Waals surface area (Å²) in [5, 5.41) is 0. The number of aryl methyl sites for hydroxylation is 1. The van der Waals surface area contributed by atoms with Crippen LogP contribution >= 0.6 is 0 Å². The summed E-state index contributed by atoms with van der Waals surface area (Å²) in [7, 11) is -0.769. The minimum atomic E-state index is -3.71. The average Bonchev–Trinajstić information content (AvgIpc) is 2.73. The average molecular weight is 406 g/mol. The van der Waals surface area contributed by atoms with Gasteiger partial charge in [0.15, 0.2) is 11.5 Å². The maximum Gasteiger partial charge on any atom is 0.274 e. The first-order chi connectivity index (χ1) is 13.4. The lowest BCUT2D eigenvalue weighted by Gasteiger charge is -2.33. The summed E-state index contributed by atoms with van der Waals surface area (Å²) in [6.45, 7) is 2.74. The fourth-order valence-corrected chi connectivity index (χ4v) is 4.36. The fourth-order valence-electron chi connectivity index (χ4n) is 2.92. The molecule has 0 radical (unpaired) electrons. The van der Waals surface area contributed by atoms with Gasteiger partial charge in [0.25, 0.3) is 5.91 Å². The molecule has 2 aromatic rings. The third kappa shape index (κ3) is 3.92. The number of sulfonamides is 1. The van der Waals surface area contributed by atoms with Crippen LogP contribution in [0.4, 0.5) is 0 Å². The molecule has 0 bridgehead atoms. The summed E-state index contributed by atoms with van der Waals surface area (Å²) in [5.74, 6) is 0.544. The van der Waals surface area contributed by atoms with Crippen LogP contribution in [0.5, 0.6) is 11.5 Å². The molecule has 3 rings (SSSR count). The number of aromatic nitrogens is 2. The van der Waals surface area contributed by atoms with Gasteiger partial charge in [0.2, 0.25) is 10.0 Å². The van der Waals surface area contributed by atoms with Crippen molar-refractivity contribution < 1.29 is 22.7 Å². The first kappa shape index (κ1) is 20.0. The Balaban J connectivity index is 1.71. The molecule has 0 aliphatic carbocycles. The van der Waals surface area contributed by atoms with Gasteiger partial charge >= 0.3 is 0 Å². The molecule has 1 amide bonds. The lowest BCUT2D eigenvalue weighted by Crippen LogP contribution is -2.50.